The van der Waals surface area contributed by atoms with E-state index in [1.54, 1.807) is 10.9 Å². The number of amides is 2. The van der Waals surface area contributed by atoms with E-state index in [9.17, 15) is 4.79 Å². The van der Waals surface area contributed by atoms with Crippen molar-refractivity contribution in [3.05, 3.63) is 72.1 Å². The number of rotatable bonds is 7. The monoisotopic (exact) mass is 394 g/mol. The molecule has 0 spiro atoms. The molecule has 2 amide bonds. The van der Waals surface area contributed by atoms with E-state index in [0.29, 0.717) is 11.8 Å². The van der Waals surface area contributed by atoms with Gasteiger partial charge in [0.1, 0.15) is 0 Å². The van der Waals surface area contributed by atoms with Gasteiger partial charge in [-0.1, -0.05) is 26.0 Å². The number of thioether (sulfide) groups is 1. The number of hydrogen-bond acceptors (Lipinski definition) is 3. The largest absolute Gasteiger partial charge is 0.334 e. The van der Waals surface area contributed by atoms with Crippen molar-refractivity contribution in [3.8, 4) is 5.69 Å². The van der Waals surface area contributed by atoms with E-state index in [2.05, 4.69) is 41.7 Å². The molecule has 1 aromatic heterocycles. The SMILES string of the molecule is CCC(C)Sc1ccc(NC(=O)NCc2ccc(-n3cccn3)cc2)c(C)c1. The maximum atomic E-state index is 12.3. The van der Waals surface area contributed by atoms with Crippen LogP contribution in [-0.4, -0.2) is 21.1 Å². The molecule has 0 aliphatic carbocycles. The lowest BCUT2D eigenvalue weighted by molar-refractivity contribution is 0.251. The molecule has 0 bridgehead atoms. The summed E-state index contributed by atoms with van der Waals surface area (Å²) in [6, 6.07) is 15.8. The van der Waals surface area contributed by atoms with E-state index in [0.717, 1.165) is 28.9 Å². The molecule has 0 fully saturated rings. The smallest absolute Gasteiger partial charge is 0.319 e. The van der Waals surface area contributed by atoms with Crippen molar-refractivity contribution in [2.75, 3.05) is 5.32 Å². The third-order valence-electron chi connectivity index (χ3n) is 4.52. The molecule has 6 heteroatoms. The van der Waals surface area contributed by atoms with Gasteiger partial charge in [0.15, 0.2) is 0 Å². The zero-order valence-electron chi connectivity index (χ0n) is 16.5. The molecule has 2 N–H and O–H groups in total. The maximum absolute atomic E-state index is 12.3. The average molecular weight is 395 g/mol. The topological polar surface area (TPSA) is 59.0 Å². The van der Waals surface area contributed by atoms with Crippen LogP contribution in [0.15, 0.2) is 65.8 Å². The summed E-state index contributed by atoms with van der Waals surface area (Å²) in [5, 5.41) is 10.6. The normalized spacial score (nSPS) is 11.8. The number of hydrogen-bond donors (Lipinski definition) is 2. The van der Waals surface area contributed by atoms with Gasteiger partial charge in [0.05, 0.1) is 5.69 Å². The quantitative estimate of drug-likeness (QED) is 0.528. The number of nitrogens with zero attached hydrogens (tertiary/aromatic N) is 2. The van der Waals surface area contributed by atoms with Crippen LogP contribution >= 0.6 is 11.8 Å². The second kappa shape index (κ2) is 9.46. The number of anilines is 1. The average Bonchev–Trinajstić information content (AvgIpc) is 3.23. The van der Waals surface area contributed by atoms with E-state index in [-0.39, 0.29) is 6.03 Å². The van der Waals surface area contributed by atoms with Gasteiger partial charge in [0, 0.05) is 34.8 Å². The molecule has 3 aromatic rings. The molecular formula is C22H26N4OS. The predicted molar refractivity (Wildman–Crippen MR) is 116 cm³/mol. The highest BCUT2D eigenvalue weighted by Crippen LogP contribution is 2.28. The van der Waals surface area contributed by atoms with Crippen LogP contribution in [-0.2, 0) is 6.54 Å². The highest BCUT2D eigenvalue weighted by atomic mass is 32.2. The highest BCUT2D eigenvalue weighted by molar-refractivity contribution is 7.99. The summed E-state index contributed by atoms with van der Waals surface area (Å²) in [5.74, 6) is 0. The Morgan fingerprint density at radius 1 is 1.21 bits per heavy atom. The summed E-state index contributed by atoms with van der Waals surface area (Å²) in [4.78, 5) is 13.5. The Hall–Kier alpha value is -2.73. The molecule has 0 saturated carbocycles. The summed E-state index contributed by atoms with van der Waals surface area (Å²) in [5.41, 5.74) is 3.92. The second-order valence-electron chi connectivity index (χ2n) is 6.74. The summed E-state index contributed by atoms with van der Waals surface area (Å²) < 4.78 is 1.80. The van der Waals surface area contributed by atoms with Gasteiger partial charge < -0.3 is 10.6 Å². The fourth-order valence-electron chi connectivity index (χ4n) is 2.70. The van der Waals surface area contributed by atoms with Gasteiger partial charge in [0.25, 0.3) is 0 Å². The van der Waals surface area contributed by atoms with Gasteiger partial charge in [-0.15, -0.1) is 11.8 Å². The Kier molecular flexibility index (Phi) is 6.76. The molecule has 5 nitrogen and oxygen atoms in total. The molecule has 0 aliphatic rings. The molecule has 146 valence electrons. The Morgan fingerprint density at radius 2 is 2.00 bits per heavy atom. The molecule has 2 aromatic carbocycles. The third-order valence-corrected chi connectivity index (χ3v) is 5.78. The molecule has 28 heavy (non-hydrogen) atoms. The Bertz CT molecular complexity index is 907. The minimum absolute atomic E-state index is 0.207. The van der Waals surface area contributed by atoms with Crippen LogP contribution in [0.1, 0.15) is 31.4 Å². The number of aryl methyl sites for hydroxylation is 1. The van der Waals surface area contributed by atoms with Gasteiger partial charge in [0.2, 0.25) is 0 Å². The number of carbonyl (C=O) groups excluding carboxylic acids is 1. The molecule has 1 atom stereocenters. The Balaban J connectivity index is 1.53. The molecule has 3 rings (SSSR count). The molecule has 0 radical (unpaired) electrons. The number of carbonyl (C=O) groups is 1. The van der Waals surface area contributed by atoms with Crippen molar-refractivity contribution < 1.29 is 4.79 Å². The zero-order chi connectivity index (χ0) is 19.9. The number of nitrogens with one attached hydrogen (secondary N) is 2. The molecule has 1 unspecified atom stereocenters. The van der Waals surface area contributed by atoms with Crippen LogP contribution in [0.3, 0.4) is 0 Å². The number of benzene rings is 2. The number of urea groups is 1. The maximum Gasteiger partial charge on any atom is 0.319 e. The number of aromatic nitrogens is 2. The van der Waals surface area contributed by atoms with Crippen molar-refractivity contribution in [3.63, 3.8) is 0 Å². The predicted octanol–water partition coefficient (Wildman–Crippen LogP) is 5.39. The van der Waals surface area contributed by atoms with E-state index >= 15 is 0 Å². The first-order chi connectivity index (χ1) is 13.5. The van der Waals surface area contributed by atoms with Gasteiger partial charge in [-0.25, -0.2) is 9.48 Å². The fourth-order valence-corrected chi connectivity index (χ4v) is 3.72. The molecule has 0 saturated heterocycles. The van der Waals surface area contributed by atoms with Crippen molar-refractivity contribution in [1.29, 1.82) is 0 Å². The fraction of sp³-hybridized carbons (Fsp3) is 0.273. The summed E-state index contributed by atoms with van der Waals surface area (Å²) in [6.45, 7) is 6.90. The van der Waals surface area contributed by atoms with Crippen LogP contribution in [0.4, 0.5) is 10.5 Å². The van der Waals surface area contributed by atoms with Crippen LogP contribution in [0.5, 0.6) is 0 Å². The van der Waals surface area contributed by atoms with E-state index in [1.807, 2.05) is 61.3 Å². The first-order valence-electron chi connectivity index (χ1n) is 9.46. The van der Waals surface area contributed by atoms with Gasteiger partial charge in [-0.2, -0.15) is 5.10 Å². The minimum atomic E-state index is -0.207. The first kappa shape index (κ1) is 20.0. The van der Waals surface area contributed by atoms with Gasteiger partial charge >= 0.3 is 6.03 Å². The lowest BCUT2D eigenvalue weighted by Gasteiger charge is -2.13. The second-order valence-corrected chi connectivity index (χ2v) is 8.25. The van der Waals surface area contributed by atoms with Crippen molar-refractivity contribution >= 4 is 23.5 Å². The first-order valence-corrected chi connectivity index (χ1v) is 10.3. The van der Waals surface area contributed by atoms with Crippen LogP contribution in [0.2, 0.25) is 0 Å². The minimum Gasteiger partial charge on any atom is -0.334 e. The third kappa shape index (κ3) is 5.39. The Labute approximate surface area is 170 Å². The highest BCUT2D eigenvalue weighted by Gasteiger charge is 2.07. The van der Waals surface area contributed by atoms with Crippen molar-refractivity contribution in [2.45, 2.75) is 43.9 Å². The zero-order valence-corrected chi connectivity index (χ0v) is 17.3. The standard InChI is InChI=1S/C22H26N4OS/c1-4-17(3)28-20-10-11-21(16(2)14-20)25-22(27)23-15-18-6-8-19(9-7-18)26-13-5-12-24-26/h5-14,17H,4,15H2,1-3H3,(H2,23,25,27). The lowest BCUT2D eigenvalue weighted by Crippen LogP contribution is -2.28. The summed E-state index contributed by atoms with van der Waals surface area (Å²) >= 11 is 1.86. The van der Waals surface area contributed by atoms with Crippen LogP contribution in [0, 0.1) is 6.92 Å². The van der Waals surface area contributed by atoms with Gasteiger partial charge in [-0.3, -0.25) is 0 Å². The molecular weight excluding hydrogens is 368 g/mol. The Morgan fingerprint density at radius 3 is 2.64 bits per heavy atom. The van der Waals surface area contributed by atoms with E-state index < -0.39 is 0 Å². The summed E-state index contributed by atoms with van der Waals surface area (Å²) in [7, 11) is 0. The lowest BCUT2D eigenvalue weighted by atomic mass is 10.2. The van der Waals surface area contributed by atoms with Crippen molar-refractivity contribution in [2.24, 2.45) is 0 Å². The van der Waals surface area contributed by atoms with Gasteiger partial charge in [-0.05, 0) is 60.9 Å². The van der Waals surface area contributed by atoms with Crippen LogP contribution in [0.25, 0.3) is 5.69 Å². The molecule has 0 aliphatic heterocycles. The van der Waals surface area contributed by atoms with E-state index in [4.69, 9.17) is 0 Å². The van der Waals surface area contributed by atoms with Crippen molar-refractivity contribution in [1.82, 2.24) is 15.1 Å². The van der Waals surface area contributed by atoms with Crippen LogP contribution < -0.4 is 10.6 Å². The van der Waals surface area contributed by atoms with E-state index in [1.165, 1.54) is 4.90 Å². The molecule has 1 heterocycles. The summed E-state index contributed by atoms with van der Waals surface area (Å²) in [6.07, 6.45) is 4.78.